The molecule has 1 aromatic rings. The first kappa shape index (κ1) is 12.1. The van der Waals surface area contributed by atoms with Crippen LogP contribution in [0.5, 0.6) is 0 Å². The van der Waals surface area contributed by atoms with Crippen molar-refractivity contribution >= 4 is 27.1 Å². The highest BCUT2D eigenvalue weighted by molar-refractivity contribution is 7.91. The zero-order chi connectivity index (χ0) is 12.8. The normalized spacial score (nSPS) is 30.1. The van der Waals surface area contributed by atoms with Crippen molar-refractivity contribution in [2.75, 3.05) is 24.7 Å². The molecule has 0 radical (unpaired) electrons. The highest BCUT2D eigenvalue weighted by atomic mass is 32.2. The second-order valence-corrected chi connectivity index (χ2v) is 7.63. The van der Waals surface area contributed by atoms with Crippen LogP contribution in [-0.2, 0) is 14.6 Å². The van der Waals surface area contributed by atoms with Gasteiger partial charge in [-0.1, -0.05) is 6.07 Å². The summed E-state index contributed by atoms with van der Waals surface area (Å²) < 4.78 is 28.7. The van der Waals surface area contributed by atoms with E-state index in [0.717, 1.165) is 0 Å². The molecule has 2 fully saturated rings. The molecule has 3 heterocycles. The van der Waals surface area contributed by atoms with Gasteiger partial charge in [-0.25, -0.2) is 8.42 Å². The minimum Gasteiger partial charge on any atom is -0.373 e. The van der Waals surface area contributed by atoms with E-state index in [4.69, 9.17) is 4.74 Å². The molecule has 7 heteroatoms. The summed E-state index contributed by atoms with van der Waals surface area (Å²) >= 11 is 1.38. The van der Waals surface area contributed by atoms with E-state index in [1.807, 2.05) is 11.4 Å². The number of rotatable bonds is 1. The maximum Gasteiger partial charge on any atom is 0.264 e. The first-order valence-corrected chi connectivity index (χ1v) is 8.43. The molecule has 1 amide bonds. The Hall–Kier alpha value is -0.920. The van der Waals surface area contributed by atoms with Crippen molar-refractivity contribution in [3.05, 3.63) is 22.4 Å². The van der Waals surface area contributed by atoms with Crippen molar-refractivity contribution < 1.29 is 17.9 Å². The molecular formula is C11H13NO4S2. The van der Waals surface area contributed by atoms with Gasteiger partial charge < -0.3 is 9.64 Å². The Kier molecular flexibility index (Phi) is 2.91. The summed E-state index contributed by atoms with van der Waals surface area (Å²) in [4.78, 5) is 14.6. The van der Waals surface area contributed by atoms with Gasteiger partial charge in [0, 0.05) is 6.54 Å². The minimum absolute atomic E-state index is 0.0226. The maximum absolute atomic E-state index is 12.3. The highest BCUT2D eigenvalue weighted by Gasteiger charge is 2.45. The van der Waals surface area contributed by atoms with Gasteiger partial charge in [-0.15, -0.1) is 11.3 Å². The number of sulfone groups is 1. The molecule has 2 saturated heterocycles. The molecule has 18 heavy (non-hydrogen) atoms. The van der Waals surface area contributed by atoms with Crippen LogP contribution in [0.4, 0.5) is 0 Å². The van der Waals surface area contributed by atoms with Gasteiger partial charge in [-0.05, 0) is 11.4 Å². The fraction of sp³-hybridized carbons (Fsp3) is 0.545. The van der Waals surface area contributed by atoms with Crippen LogP contribution in [0.2, 0.25) is 0 Å². The van der Waals surface area contributed by atoms with Crippen LogP contribution in [0.25, 0.3) is 0 Å². The first-order chi connectivity index (χ1) is 8.57. The van der Waals surface area contributed by atoms with E-state index in [0.29, 0.717) is 18.0 Å². The average Bonchev–Trinajstić information content (AvgIpc) is 2.91. The number of thiophene rings is 1. The molecule has 5 nitrogen and oxygen atoms in total. The van der Waals surface area contributed by atoms with Crippen molar-refractivity contribution in [3.8, 4) is 0 Å². The SMILES string of the molecule is O=C(c1cccs1)N1CCOC2CS(=O)(=O)CC21. The van der Waals surface area contributed by atoms with E-state index in [9.17, 15) is 13.2 Å². The van der Waals surface area contributed by atoms with Crippen LogP contribution in [0.3, 0.4) is 0 Å². The van der Waals surface area contributed by atoms with Crippen LogP contribution in [-0.4, -0.2) is 56.0 Å². The van der Waals surface area contributed by atoms with Gasteiger partial charge >= 0.3 is 0 Å². The molecule has 3 rings (SSSR count). The summed E-state index contributed by atoms with van der Waals surface area (Å²) in [6.45, 7) is 0.876. The van der Waals surface area contributed by atoms with E-state index in [-0.39, 0.29) is 29.6 Å². The predicted octanol–water partition coefficient (Wildman–Crippen LogP) is 0.386. The molecule has 0 aromatic carbocycles. The Bertz CT molecular complexity index is 552. The minimum atomic E-state index is -3.08. The maximum atomic E-state index is 12.3. The number of carbonyl (C=O) groups is 1. The molecule has 2 aliphatic heterocycles. The lowest BCUT2D eigenvalue weighted by atomic mass is 10.1. The third kappa shape index (κ3) is 2.06. The second-order valence-electron chi connectivity index (χ2n) is 4.53. The van der Waals surface area contributed by atoms with E-state index in [1.165, 1.54) is 11.3 Å². The molecule has 0 spiro atoms. The monoisotopic (exact) mass is 287 g/mol. The largest absolute Gasteiger partial charge is 0.373 e. The second kappa shape index (κ2) is 4.32. The molecule has 98 valence electrons. The molecule has 2 unspecified atom stereocenters. The van der Waals surface area contributed by atoms with Crippen LogP contribution < -0.4 is 0 Å². The Morgan fingerprint density at radius 3 is 3.00 bits per heavy atom. The van der Waals surface area contributed by atoms with Crippen molar-refractivity contribution in [2.24, 2.45) is 0 Å². The Labute approximate surface area is 109 Å². The number of hydrogen-bond acceptors (Lipinski definition) is 5. The van der Waals surface area contributed by atoms with Crippen LogP contribution >= 0.6 is 11.3 Å². The number of amides is 1. The van der Waals surface area contributed by atoms with E-state index < -0.39 is 9.84 Å². The zero-order valence-corrected chi connectivity index (χ0v) is 11.2. The smallest absolute Gasteiger partial charge is 0.264 e. The quantitative estimate of drug-likeness (QED) is 0.749. The Balaban J connectivity index is 1.86. The summed E-state index contributed by atoms with van der Waals surface area (Å²) in [5.74, 6) is -0.0267. The van der Waals surface area contributed by atoms with Crippen molar-refractivity contribution in [3.63, 3.8) is 0 Å². The van der Waals surface area contributed by atoms with Gasteiger partial charge in [-0.2, -0.15) is 0 Å². The molecule has 0 N–H and O–H groups in total. The summed E-state index contributed by atoms with van der Waals surface area (Å²) in [5.41, 5.74) is 0. The summed E-state index contributed by atoms with van der Waals surface area (Å²) in [6.07, 6.45) is -0.354. The van der Waals surface area contributed by atoms with Gasteiger partial charge in [0.05, 0.1) is 35.1 Å². The molecule has 2 atom stereocenters. The molecule has 0 saturated carbocycles. The number of carbonyl (C=O) groups excluding carboxylic acids is 1. The topological polar surface area (TPSA) is 63.7 Å². The lowest BCUT2D eigenvalue weighted by Gasteiger charge is -2.36. The lowest BCUT2D eigenvalue weighted by molar-refractivity contribution is -0.0359. The molecular weight excluding hydrogens is 274 g/mol. The molecule has 0 aliphatic carbocycles. The van der Waals surface area contributed by atoms with E-state index in [2.05, 4.69) is 0 Å². The van der Waals surface area contributed by atoms with E-state index >= 15 is 0 Å². The summed E-state index contributed by atoms with van der Waals surface area (Å²) in [6, 6.07) is 3.26. The number of nitrogens with zero attached hydrogens (tertiary/aromatic N) is 1. The van der Waals surface area contributed by atoms with Gasteiger partial charge in [0.2, 0.25) is 0 Å². The zero-order valence-electron chi connectivity index (χ0n) is 9.61. The molecule has 1 aromatic heterocycles. The van der Waals surface area contributed by atoms with Gasteiger partial charge in [-0.3, -0.25) is 4.79 Å². The number of morpholine rings is 1. The fourth-order valence-corrected chi connectivity index (χ4v) is 5.06. The highest BCUT2D eigenvalue weighted by Crippen LogP contribution is 2.26. The van der Waals surface area contributed by atoms with Crippen molar-refractivity contribution in [2.45, 2.75) is 12.1 Å². The standard InChI is InChI=1S/C11H13NO4S2/c13-11(10-2-1-5-17-10)12-3-4-16-9-7-18(14,15)6-8(9)12/h1-2,5,8-9H,3-4,6-7H2. The van der Waals surface area contributed by atoms with Crippen LogP contribution in [0.1, 0.15) is 9.67 Å². The Morgan fingerprint density at radius 1 is 1.44 bits per heavy atom. The van der Waals surface area contributed by atoms with Crippen LogP contribution in [0, 0.1) is 0 Å². The lowest BCUT2D eigenvalue weighted by Crippen LogP contribution is -2.53. The molecule has 0 bridgehead atoms. The van der Waals surface area contributed by atoms with Crippen LogP contribution in [0.15, 0.2) is 17.5 Å². The molecule has 2 aliphatic rings. The average molecular weight is 287 g/mol. The third-order valence-electron chi connectivity index (χ3n) is 3.33. The fourth-order valence-electron chi connectivity index (χ4n) is 2.51. The summed E-state index contributed by atoms with van der Waals surface area (Å²) in [7, 11) is -3.08. The number of hydrogen-bond donors (Lipinski definition) is 0. The van der Waals surface area contributed by atoms with Gasteiger partial charge in [0.1, 0.15) is 0 Å². The first-order valence-electron chi connectivity index (χ1n) is 5.73. The van der Waals surface area contributed by atoms with Crippen molar-refractivity contribution in [1.29, 1.82) is 0 Å². The Morgan fingerprint density at radius 2 is 2.28 bits per heavy atom. The van der Waals surface area contributed by atoms with Gasteiger partial charge in [0.15, 0.2) is 9.84 Å². The number of ether oxygens (including phenoxy) is 1. The third-order valence-corrected chi connectivity index (χ3v) is 5.87. The van der Waals surface area contributed by atoms with Gasteiger partial charge in [0.25, 0.3) is 5.91 Å². The predicted molar refractivity (Wildman–Crippen MR) is 67.5 cm³/mol. The van der Waals surface area contributed by atoms with E-state index in [1.54, 1.807) is 11.0 Å². The van der Waals surface area contributed by atoms with Crippen molar-refractivity contribution in [1.82, 2.24) is 4.90 Å². The number of fused-ring (bicyclic) bond motifs is 1. The summed E-state index contributed by atoms with van der Waals surface area (Å²) in [5, 5.41) is 1.84.